The first-order valence-electron chi connectivity index (χ1n) is 9.58. The molecule has 0 heterocycles. The summed E-state index contributed by atoms with van der Waals surface area (Å²) in [6, 6.07) is -3.61. The second-order valence-electron chi connectivity index (χ2n) is 6.68. The monoisotopic (exact) mass is 463 g/mol. The summed E-state index contributed by atoms with van der Waals surface area (Å²) in [6.45, 7) is 1.12. The summed E-state index contributed by atoms with van der Waals surface area (Å²) in [7, 11) is 0. The number of nitrogens with two attached hydrogens (primary N) is 3. The van der Waals surface area contributed by atoms with Crippen LogP contribution in [0.1, 0.15) is 26.2 Å². The molecule has 0 radical (unpaired) electrons. The van der Waals surface area contributed by atoms with E-state index in [4.69, 9.17) is 17.2 Å². The molecule has 14 heteroatoms. The molecular formula is C17H33N7O6S. The van der Waals surface area contributed by atoms with Crippen molar-refractivity contribution in [3.8, 4) is 0 Å². The third-order valence-corrected chi connectivity index (χ3v) is 4.71. The Kier molecular flexibility index (Phi) is 14.0. The van der Waals surface area contributed by atoms with Gasteiger partial charge >= 0.3 is 5.97 Å². The fourth-order valence-electron chi connectivity index (χ4n) is 2.44. The molecule has 0 saturated heterocycles. The lowest BCUT2D eigenvalue weighted by molar-refractivity contribution is -0.142. The van der Waals surface area contributed by atoms with Crippen molar-refractivity contribution in [1.82, 2.24) is 16.0 Å². The van der Waals surface area contributed by atoms with Crippen LogP contribution in [0.5, 0.6) is 0 Å². The van der Waals surface area contributed by atoms with Crippen LogP contribution in [0.3, 0.4) is 0 Å². The van der Waals surface area contributed by atoms with Gasteiger partial charge in [0.1, 0.15) is 18.1 Å². The van der Waals surface area contributed by atoms with Gasteiger partial charge in [-0.1, -0.05) is 0 Å². The van der Waals surface area contributed by atoms with Crippen LogP contribution in [0.4, 0.5) is 0 Å². The Balaban J connectivity index is 5.21. The number of carbonyl (C=O) groups is 4. The van der Waals surface area contributed by atoms with Gasteiger partial charge in [-0.25, -0.2) is 4.79 Å². The van der Waals surface area contributed by atoms with E-state index in [9.17, 15) is 29.4 Å². The van der Waals surface area contributed by atoms with Gasteiger partial charge in [-0.3, -0.25) is 19.4 Å². The van der Waals surface area contributed by atoms with E-state index >= 15 is 0 Å². The summed E-state index contributed by atoms with van der Waals surface area (Å²) in [5.74, 6) is -3.02. The number of carbonyl (C=O) groups excluding carboxylic acids is 3. The van der Waals surface area contributed by atoms with Gasteiger partial charge < -0.3 is 43.4 Å². The van der Waals surface area contributed by atoms with Gasteiger partial charge in [0.25, 0.3) is 0 Å². The van der Waals surface area contributed by atoms with Crippen molar-refractivity contribution in [3.63, 3.8) is 0 Å². The molecule has 0 aromatic heterocycles. The Labute approximate surface area is 185 Å². The standard InChI is InChI=1S/C17H33N7O6S/c1-9(25)13(24-12(26)8-18)15(28)22-10(5-7-31-2)14(27)23-11(16(29)30)4-3-6-21-17(19)20/h9-11,13,25H,3-8,18H2,1-2H3,(H,22,28)(H,23,27)(H,24,26)(H,29,30)(H4,19,20,21). The summed E-state index contributed by atoms with van der Waals surface area (Å²) >= 11 is 1.43. The van der Waals surface area contributed by atoms with Gasteiger partial charge in [0.2, 0.25) is 17.7 Å². The van der Waals surface area contributed by atoms with E-state index in [1.165, 1.54) is 18.7 Å². The second kappa shape index (κ2) is 15.3. The van der Waals surface area contributed by atoms with Crippen molar-refractivity contribution < 1.29 is 29.4 Å². The minimum Gasteiger partial charge on any atom is -0.480 e. The smallest absolute Gasteiger partial charge is 0.326 e. The zero-order valence-electron chi connectivity index (χ0n) is 17.7. The van der Waals surface area contributed by atoms with Crippen LogP contribution < -0.4 is 33.2 Å². The van der Waals surface area contributed by atoms with E-state index in [1.807, 2.05) is 0 Å². The summed E-state index contributed by atoms with van der Waals surface area (Å²) in [5.41, 5.74) is 15.6. The molecule has 0 aliphatic carbocycles. The lowest BCUT2D eigenvalue weighted by atomic mass is 10.1. The molecule has 3 amide bonds. The maximum absolute atomic E-state index is 12.7. The number of carboxylic acid groups (broad SMARTS) is 1. The largest absolute Gasteiger partial charge is 0.480 e. The number of thioether (sulfide) groups is 1. The number of amides is 3. The predicted octanol–water partition coefficient (Wildman–Crippen LogP) is -3.33. The van der Waals surface area contributed by atoms with E-state index in [-0.39, 0.29) is 31.9 Å². The maximum atomic E-state index is 12.7. The number of hydrogen-bond acceptors (Lipinski definition) is 8. The Morgan fingerprint density at radius 3 is 2.13 bits per heavy atom. The first-order valence-corrected chi connectivity index (χ1v) is 11.0. The number of aliphatic hydroxyl groups is 1. The van der Waals surface area contributed by atoms with Crippen LogP contribution in [0.2, 0.25) is 0 Å². The van der Waals surface area contributed by atoms with Crippen LogP contribution in [-0.4, -0.2) is 89.2 Å². The van der Waals surface area contributed by atoms with E-state index < -0.39 is 47.9 Å². The third kappa shape index (κ3) is 12.0. The van der Waals surface area contributed by atoms with Crippen LogP contribution in [-0.2, 0) is 19.2 Å². The van der Waals surface area contributed by atoms with Crippen molar-refractivity contribution in [2.24, 2.45) is 22.2 Å². The number of nitrogens with one attached hydrogen (secondary N) is 3. The molecule has 0 bridgehead atoms. The minimum atomic E-state index is -1.32. The first-order chi connectivity index (χ1) is 14.5. The summed E-state index contributed by atoms with van der Waals surface area (Å²) in [4.78, 5) is 52.0. The van der Waals surface area contributed by atoms with Crippen LogP contribution in [0.25, 0.3) is 0 Å². The van der Waals surface area contributed by atoms with E-state index in [1.54, 1.807) is 6.26 Å². The maximum Gasteiger partial charge on any atom is 0.326 e. The molecule has 178 valence electrons. The predicted molar refractivity (Wildman–Crippen MR) is 117 cm³/mol. The number of aliphatic carboxylic acids is 1. The van der Waals surface area contributed by atoms with Gasteiger partial charge in [0, 0.05) is 6.54 Å². The number of rotatable bonds is 15. The van der Waals surface area contributed by atoms with E-state index in [0.717, 1.165) is 0 Å². The number of guanidine groups is 1. The van der Waals surface area contributed by atoms with Crippen molar-refractivity contribution >= 4 is 41.4 Å². The molecule has 0 saturated carbocycles. The van der Waals surface area contributed by atoms with E-state index in [0.29, 0.717) is 12.2 Å². The minimum absolute atomic E-state index is 0.0733. The highest BCUT2D eigenvalue weighted by Crippen LogP contribution is 2.05. The Bertz CT molecular complexity index is 642. The van der Waals surface area contributed by atoms with Crippen LogP contribution in [0, 0.1) is 0 Å². The second-order valence-corrected chi connectivity index (χ2v) is 7.67. The molecule has 0 aliphatic rings. The SMILES string of the molecule is CSCCC(NC(=O)C(NC(=O)CN)C(C)O)C(=O)NC(CCCN=C(N)N)C(=O)O. The van der Waals surface area contributed by atoms with Gasteiger partial charge in [0.05, 0.1) is 12.6 Å². The Hall–Kier alpha value is -2.58. The molecule has 11 N–H and O–H groups in total. The van der Waals surface area contributed by atoms with Crippen LogP contribution in [0.15, 0.2) is 4.99 Å². The normalized spacial score (nSPS) is 14.5. The molecule has 0 aromatic carbocycles. The number of aliphatic hydroxyl groups excluding tert-OH is 1. The molecule has 31 heavy (non-hydrogen) atoms. The zero-order chi connectivity index (χ0) is 24.0. The summed E-state index contributed by atoms with van der Waals surface area (Å²) in [6.07, 6.45) is 1.15. The third-order valence-electron chi connectivity index (χ3n) is 4.07. The number of carboxylic acids is 1. The molecule has 0 aromatic rings. The fraction of sp³-hybridized carbons (Fsp3) is 0.706. The quantitative estimate of drug-likeness (QED) is 0.0683. The van der Waals surface area contributed by atoms with Crippen LogP contribution >= 0.6 is 11.8 Å². The zero-order valence-corrected chi connectivity index (χ0v) is 18.5. The van der Waals surface area contributed by atoms with Crippen molar-refractivity contribution in [2.45, 2.75) is 50.4 Å². The van der Waals surface area contributed by atoms with Crippen molar-refractivity contribution in [1.29, 1.82) is 0 Å². The van der Waals surface area contributed by atoms with Gasteiger partial charge in [-0.15, -0.1) is 0 Å². The lowest BCUT2D eigenvalue weighted by Crippen LogP contribution is -2.58. The summed E-state index contributed by atoms with van der Waals surface area (Å²) in [5, 5.41) is 26.3. The molecule has 0 rings (SSSR count). The van der Waals surface area contributed by atoms with Gasteiger partial charge in [-0.2, -0.15) is 11.8 Å². The Morgan fingerprint density at radius 2 is 1.65 bits per heavy atom. The molecule has 0 spiro atoms. The number of aliphatic imine (C=N–C) groups is 1. The van der Waals surface area contributed by atoms with Gasteiger partial charge in [0.15, 0.2) is 5.96 Å². The lowest BCUT2D eigenvalue weighted by Gasteiger charge is -2.25. The highest BCUT2D eigenvalue weighted by atomic mass is 32.2. The topological polar surface area (TPSA) is 235 Å². The fourth-order valence-corrected chi connectivity index (χ4v) is 2.91. The van der Waals surface area contributed by atoms with E-state index in [2.05, 4.69) is 20.9 Å². The Morgan fingerprint density at radius 1 is 1.03 bits per heavy atom. The molecule has 4 atom stereocenters. The first kappa shape index (κ1) is 28.4. The molecule has 13 nitrogen and oxygen atoms in total. The van der Waals surface area contributed by atoms with Crippen molar-refractivity contribution in [2.75, 3.05) is 25.1 Å². The average Bonchev–Trinajstić information content (AvgIpc) is 2.70. The van der Waals surface area contributed by atoms with Crippen molar-refractivity contribution in [3.05, 3.63) is 0 Å². The molecular weight excluding hydrogens is 430 g/mol. The summed E-state index contributed by atoms with van der Waals surface area (Å²) < 4.78 is 0. The van der Waals surface area contributed by atoms with Gasteiger partial charge in [-0.05, 0) is 38.2 Å². The average molecular weight is 464 g/mol. The number of hydrogen-bond donors (Lipinski definition) is 8. The number of nitrogens with zero attached hydrogens (tertiary/aromatic N) is 1. The molecule has 0 fully saturated rings. The molecule has 4 unspecified atom stereocenters. The highest BCUT2D eigenvalue weighted by Gasteiger charge is 2.31. The molecule has 0 aliphatic heterocycles. The highest BCUT2D eigenvalue weighted by molar-refractivity contribution is 7.98.